The number of rotatable bonds is 4. The minimum atomic E-state index is -4.41. The molecule has 27 heavy (non-hydrogen) atoms. The maximum Gasteiger partial charge on any atom is 0.416 e. The Morgan fingerprint density at radius 3 is 2.48 bits per heavy atom. The van der Waals surface area contributed by atoms with Crippen LogP contribution in [-0.4, -0.2) is 20.8 Å². The molecule has 9 heteroatoms. The van der Waals surface area contributed by atoms with Crippen LogP contribution >= 0.6 is 0 Å². The number of aromatic nitrogens is 3. The van der Waals surface area contributed by atoms with Gasteiger partial charge in [-0.15, -0.1) is 0 Å². The number of aryl methyl sites for hydroxylation is 1. The molecule has 0 fully saturated rings. The van der Waals surface area contributed by atoms with Crippen LogP contribution in [0.15, 0.2) is 55.1 Å². The third-order valence-electron chi connectivity index (χ3n) is 3.76. The van der Waals surface area contributed by atoms with Gasteiger partial charge in [-0.25, -0.2) is 4.79 Å². The maximum atomic E-state index is 12.5. The molecule has 140 valence electrons. The van der Waals surface area contributed by atoms with Crippen molar-refractivity contribution in [3.8, 4) is 11.1 Å². The van der Waals surface area contributed by atoms with Crippen LogP contribution in [0.3, 0.4) is 0 Å². The second kappa shape index (κ2) is 7.48. The Labute approximate surface area is 153 Å². The SMILES string of the molecule is Cn1cc(-c2cncc(CNC(=O)Nc3ccc(C(F)(F)F)cc3)c2)cn1. The summed E-state index contributed by atoms with van der Waals surface area (Å²) in [7, 11) is 1.81. The number of alkyl halides is 3. The standard InChI is InChI=1S/C18H16F3N5O/c1-26-11-14(10-24-26)13-6-12(7-22-9-13)8-23-17(27)25-16-4-2-15(3-5-16)18(19,20)21/h2-7,9-11H,8H2,1H3,(H2,23,25,27). The monoisotopic (exact) mass is 375 g/mol. The van der Waals surface area contributed by atoms with Gasteiger partial charge in [-0.1, -0.05) is 0 Å². The Morgan fingerprint density at radius 1 is 1.11 bits per heavy atom. The molecule has 0 saturated heterocycles. The van der Waals surface area contributed by atoms with E-state index < -0.39 is 17.8 Å². The smallest absolute Gasteiger partial charge is 0.334 e. The van der Waals surface area contributed by atoms with Crippen LogP contribution in [-0.2, 0) is 19.8 Å². The van der Waals surface area contributed by atoms with Crippen molar-refractivity contribution in [2.75, 3.05) is 5.32 Å². The average Bonchev–Trinajstić information content (AvgIpc) is 3.06. The van der Waals surface area contributed by atoms with Gasteiger partial charge in [0.2, 0.25) is 0 Å². The lowest BCUT2D eigenvalue weighted by Gasteiger charge is -2.10. The number of hydrogen-bond acceptors (Lipinski definition) is 3. The fourth-order valence-corrected chi connectivity index (χ4v) is 2.41. The van der Waals surface area contributed by atoms with Crippen molar-refractivity contribution >= 4 is 11.7 Å². The topological polar surface area (TPSA) is 71.8 Å². The van der Waals surface area contributed by atoms with E-state index in [9.17, 15) is 18.0 Å². The van der Waals surface area contributed by atoms with Crippen LogP contribution in [0.1, 0.15) is 11.1 Å². The number of halogens is 3. The number of carbonyl (C=O) groups is 1. The molecule has 3 aromatic rings. The predicted molar refractivity (Wildman–Crippen MR) is 93.7 cm³/mol. The van der Waals surface area contributed by atoms with Gasteiger partial charge in [0.1, 0.15) is 0 Å². The Morgan fingerprint density at radius 2 is 1.85 bits per heavy atom. The van der Waals surface area contributed by atoms with Crippen molar-refractivity contribution in [2.45, 2.75) is 12.7 Å². The van der Waals surface area contributed by atoms with Crippen molar-refractivity contribution in [3.63, 3.8) is 0 Å². The highest BCUT2D eigenvalue weighted by atomic mass is 19.4. The van der Waals surface area contributed by atoms with Crippen LogP contribution in [0.5, 0.6) is 0 Å². The highest BCUT2D eigenvalue weighted by molar-refractivity contribution is 5.89. The molecule has 2 heterocycles. The molecule has 6 nitrogen and oxygen atoms in total. The molecule has 1 aromatic carbocycles. The van der Waals surface area contributed by atoms with E-state index in [4.69, 9.17) is 0 Å². The Hall–Kier alpha value is -3.36. The lowest BCUT2D eigenvalue weighted by molar-refractivity contribution is -0.137. The Balaban J connectivity index is 1.58. The predicted octanol–water partition coefficient (Wildman–Crippen LogP) is 3.82. The third-order valence-corrected chi connectivity index (χ3v) is 3.76. The van der Waals surface area contributed by atoms with Gasteiger partial charge in [0.05, 0.1) is 11.8 Å². The number of nitrogens with one attached hydrogen (secondary N) is 2. The molecule has 0 aliphatic carbocycles. The summed E-state index contributed by atoms with van der Waals surface area (Å²) in [6.07, 6.45) is 2.48. The molecule has 2 N–H and O–H groups in total. The zero-order valence-corrected chi connectivity index (χ0v) is 14.3. The van der Waals surface area contributed by atoms with Crippen LogP contribution in [0.2, 0.25) is 0 Å². The minimum absolute atomic E-state index is 0.216. The molecule has 0 bridgehead atoms. The molecular weight excluding hydrogens is 359 g/mol. The highest BCUT2D eigenvalue weighted by Crippen LogP contribution is 2.29. The maximum absolute atomic E-state index is 12.5. The number of hydrogen-bond donors (Lipinski definition) is 2. The fourth-order valence-electron chi connectivity index (χ4n) is 2.41. The first-order valence-electron chi connectivity index (χ1n) is 7.96. The molecule has 0 spiro atoms. The first kappa shape index (κ1) is 18.4. The summed E-state index contributed by atoms with van der Waals surface area (Å²) < 4.78 is 39.3. The Bertz CT molecular complexity index is 935. The summed E-state index contributed by atoms with van der Waals surface area (Å²) in [6.45, 7) is 0.216. The lowest BCUT2D eigenvalue weighted by atomic mass is 10.1. The largest absolute Gasteiger partial charge is 0.416 e. The zero-order chi connectivity index (χ0) is 19.4. The number of pyridine rings is 1. The van der Waals surface area contributed by atoms with E-state index in [2.05, 4.69) is 20.7 Å². The zero-order valence-electron chi connectivity index (χ0n) is 14.3. The number of benzene rings is 1. The van der Waals surface area contributed by atoms with Gasteiger partial charge < -0.3 is 10.6 Å². The molecular formula is C18H16F3N5O. The summed E-state index contributed by atoms with van der Waals surface area (Å²) in [4.78, 5) is 16.1. The molecule has 0 unspecified atom stereocenters. The summed E-state index contributed by atoms with van der Waals surface area (Å²) in [5.41, 5.74) is 2.04. The summed E-state index contributed by atoms with van der Waals surface area (Å²) in [6, 6.07) is 5.58. The Kier molecular flexibility index (Phi) is 5.11. The van der Waals surface area contributed by atoms with E-state index >= 15 is 0 Å². The van der Waals surface area contributed by atoms with Crippen LogP contribution < -0.4 is 10.6 Å². The highest BCUT2D eigenvalue weighted by Gasteiger charge is 2.29. The molecule has 0 aliphatic heterocycles. The van der Waals surface area contributed by atoms with E-state index in [-0.39, 0.29) is 12.2 Å². The molecule has 0 saturated carbocycles. The quantitative estimate of drug-likeness (QED) is 0.728. The van der Waals surface area contributed by atoms with Gasteiger partial charge in [0, 0.05) is 49.0 Å². The van der Waals surface area contributed by atoms with Gasteiger partial charge in [0.25, 0.3) is 0 Å². The summed E-state index contributed by atoms with van der Waals surface area (Å²) >= 11 is 0. The van der Waals surface area contributed by atoms with Crippen molar-refractivity contribution in [2.24, 2.45) is 7.05 Å². The van der Waals surface area contributed by atoms with Crippen molar-refractivity contribution < 1.29 is 18.0 Å². The summed E-state index contributed by atoms with van der Waals surface area (Å²) in [5, 5.41) is 9.24. The first-order valence-corrected chi connectivity index (χ1v) is 7.96. The van der Waals surface area contributed by atoms with E-state index in [1.165, 1.54) is 12.1 Å². The number of amides is 2. The molecule has 3 rings (SSSR count). The van der Waals surface area contributed by atoms with Gasteiger partial charge in [-0.3, -0.25) is 9.67 Å². The molecule has 2 amide bonds. The number of urea groups is 1. The third kappa shape index (κ3) is 4.84. The second-order valence-electron chi connectivity index (χ2n) is 5.87. The molecule has 0 atom stereocenters. The van der Waals surface area contributed by atoms with Gasteiger partial charge in [-0.2, -0.15) is 18.3 Å². The second-order valence-corrected chi connectivity index (χ2v) is 5.87. The first-order chi connectivity index (χ1) is 12.8. The molecule has 0 aliphatic rings. The normalized spacial score (nSPS) is 11.3. The molecule has 2 aromatic heterocycles. The van der Waals surface area contributed by atoms with Gasteiger partial charge in [0.15, 0.2) is 0 Å². The van der Waals surface area contributed by atoms with E-state index in [1.54, 1.807) is 23.3 Å². The van der Waals surface area contributed by atoms with Crippen molar-refractivity contribution in [1.29, 1.82) is 0 Å². The average molecular weight is 375 g/mol. The minimum Gasteiger partial charge on any atom is -0.334 e. The number of anilines is 1. The van der Waals surface area contributed by atoms with Gasteiger partial charge >= 0.3 is 12.2 Å². The van der Waals surface area contributed by atoms with E-state index in [0.717, 1.165) is 28.8 Å². The van der Waals surface area contributed by atoms with Crippen molar-refractivity contribution in [1.82, 2.24) is 20.1 Å². The van der Waals surface area contributed by atoms with Crippen molar-refractivity contribution in [3.05, 3.63) is 66.2 Å². The van der Waals surface area contributed by atoms with Crippen LogP contribution in [0.25, 0.3) is 11.1 Å². The number of nitrogens with zero attached hydrogens (tertiary/aromatic N) is 3. The van der Waals surface area contributed by atoms with E-state index in [1.807, 2.05) is 19.3 Å². The van der Waals surface area contributed by atoms with E-state index in [0.29, 0.717) is 0 Å². The number of carbonyl (C=O) groups excluding carboxylic acids is 1. The molecule has 0 radical (unpaired) electrons. The fraction of sp³-hybridized carbons (Fsp3) is 0.167. The van der Waals surface area contributed by atoms with Crippen LogP contribution in [0.4, 0.5) is 23.7 Å². The summed E-state index contributed by atoms with van der Waals surface area (Å²) in [5.74, 6) is 0. The van der Waals surface area contributed by atoms with Gasteiger partial charge in [-0.05, 0) is 35.9 Å². The van der Waals surface area contributed by atoms with Crippen LogP contribution in [0, 0.1) is 0 Å². The lowest BCUT2D eigenvalue weighted by Crippen LogP contribution is -2.28.